The van der Waals surface area contributed by atoms with E-state index in [1.54, 1.807) is 24.5 Å². The number of halogens is 3. The zero-order valence-corrected chi connectivity index (χ0v) is 14.9. The zero-order valence-electron chi connectivity index (χ0n) is 14.9. The van der Waals surface area contributed by atoms with E-state index in [-0.39, 0.29) is 23.2 Å². The minimum absolute atomic E-state index is 0.0225. The fourth-order valence-corrected chi connectivity index (χ4v) is 2.45. The molecular weight excluding hydrogens is 373 g/mol. The van der Waals surface area contributed by atoms with Crippen LogP contribution in [0.1, 0.15) is 37.0 Å². The van der Waals surface area contributed by atoms with Crippen LogP contribution in [0.3, 0.4) is 0 Å². The van der Waals surface area contributed by atoms with Crippen molar-refractivity contribution in [3.05, 3.63) is 53.8 Å². The third kappa shape index (κ3) is 4.09. The Morgan fingerprint density at radius 1 is 1.18 bits per heavy atom. The molecular formula is C18H15F3N6O. The molecule has 0 spiro atoms. The number of rotatable bonds is 5. The third-order valence-corrected chi connectivity index (χ3v) is 3.89. The number of aromatic nitrogens is 4. The maximum absolute atomic E-state index is 13.0. The quantitative estimate of drug-likeness (QED) is 0.698. The van der Waals surface area contributed by atoms with E-state index in [4.69, 9.17) is 4.52 Å². The highest BCUT2D eigenvalue weighted by Gasteiger charge is 2.34. The minimum atomic E-state index is -4.63. The van der Waals surface area contributed by atoms with Gasteiger partial charge >= 0.3 is 6.18 Å². The Kier molecular flexibility index (Phi) is 5.26. The van der Waals surface area contributed by atoms with Crippen molar-refractivity contribution in [2.45, 2.75) is 26.1 Å². The Balaban J connectivity index is 1.95. The van der Waals surface area contributed by atoms with Crippen LogP contribution in [0.15, 0.2) is 41.2 Å². The average molecular weight is 388 g/mol. The van der Waals surface area contributed by atoms with Crippen LogP contribution in [0.25, 0.3) is 11.4 Å². The molecule has 0 bridgehead atoms. The molecule has 0 saturated heterocycles. The molecule has 7 nitrogen and oxygen atoms in total. The molecule has 28 heavy (non-hydrogen) atoms. The van der Waals surface area contributed by atoms with Crippen molar-refractivity contribution >= 4 is 5.82 Å². The highest BCUT2D eigenvalue weighted by Crippen LogP contribution is 2.32. The molecule has 3 aromatic rings. The number of hydrogen-bond donors (Lipinski definition) is 1. The molecule has 3 heterocycles. The molecule has 0 fully saturated rings. The summed E-state index contributed by atoms with van der Waals surface area (Å²) < 4.78 is 44.3. The van der Waals surface area contributed by atoms with Crippen LogP contribution >= 0.6 is 0 Å². The van der Waals surface area contributed by atoms with Crippen molar-refractivity contribution in [2.75, 3.05) is 5.32 Å². The maximum Gasteiger partial charge on any atom is 0.433 e. The highest BCUT2D eigenvalue weighted by molar-refractivity contribution is 5.54. The van der Waals surface area contributed by atoms with Gasteiger partial charge in [-0.15, -0.1) is 0 Å². The second-order valence-electron chi connectivity index (χ2n) is 6.27. The lowest BCUT2D eigenvalue weighted by Crippen LogP contribution is -2.20. The first-order valence-electron chi connectivity index (χ1n) is 8.28. The molecule has 0 saturated carbocycles. The van der Waals surface area contributed by atoms with E-state index >= 15 is 0 Å². The van der Waals surface area contributed by atoms with E-state index in [1.165, 1.54) is 0 Å². The van der Waals surface area contributed by atoms with E-state index in [0.29, 0.717) is 11.4 Å². The summed E-state index contributed by atoms with van der Waals surface area (Å²) in [6, 6.07) is 6.49. The molecule has 3 rings (SSSR count). The second kappa shape index (κ2) is 7.64. The number of nitrogens with one attached hydrogen (secondary N) is 1. The Labute approximate surface area is 158 Å². The van der Waals surface area contributed by atoms with Gasteiger partial charge < -0.3 is 9.84 Å². The highest BCUT2D eigenvalue weighted by atomic mass is 19.4. The summed E-state index contributed by atoms with van der Waals surface area (Å²) in [6.07, 6.45) is -1.46. The normalized spacial score (nSPS) is 12.6. The van der Waals surface area contributed by atoms with E-state index in [2.05, 4.69) is 25.4 Å². The molecule has 0 aliphatic rings. The molecule has 0 aliphatic carbocycles. The minimum Gasteiger partial charge on any atom is -0.357 e. The summed E-state index contributed by atoms with van der Waals surface area (Å²) in [7, 11) is 0. The number of alkyl halides is 3. The summed E-state index contributed by atoms with van der Waals surface area (Å²) in [5.41, 5.74) is -0.487. The van der Waals surface area contributed by atoms with Gasteiger partial charge in [0.2, 0.25) is 11.7 Å². The monoisotopic (exact) mass is 388 g/mol. The van der Waals surface area contributed by atoms with Crippen LogP contribution in [0.2, 0.25) is 0 Å². The van der Waals surface area contributed by atoms with Crippen molar-refractivity contribution in [1.29, 1.82) is 5.26 Å². The van der Waals surface area contributed by atoms with Crippen LogP contribution in [0, 0.1) is 17.2 Å². The smallest absolute Gasteiger partial charge is 0.357 e. The van der Waals surface area contributed by atoms with Gasteiger partial charge in [-0.25, -0.2) is 4.98 Å². The topological polar surface area (TPSA) is 101 Å². The summed E-state index contributed by atoms with van der Waals surface area (Å²) in [4.78, 5) is 11.9. The Bertz CT molecular complexity index is 995. The summed E-state index contributed by atoms with van der Waals surface area (Å²) in [6.45, 7) is 3.65. The number of nitrogens with zero attached hydrogens (tertiary/aromatic N) is 5. The number of nitriles is 1. The van der Waals surface area contributed by atoms with Gasteiger partial charge in [0.25, 0.3) is 0 Å². The molecule has 0 radical (unpaired) electrons. The van der Waals surface area contributed by atoms with Crippen LogP contribution in [-0.2, 0) is 6.18 Å². The Morgan fingerprint density at radius 2 is 1.96 bits per heavy atom. The molecule has 1 N–H and O–H groups in total. The largest absolute Gasteiger partial charge is 0.433 e. The Hall–Kier alpha value is -3.48. The molecule has 0 aliphatic heterocycles. The van der Waals surface area contributed by atoms with Crippen molar-refractivity contribution in [2.24, 2.45) is 5.92 Å². The van der Waals surface area contributed by atoms with Gasteiger partial charge in [0.05, 0.1) is 5.56 Å². The second-order valence-corrected chi connectivity index (χ2v) is 6.27. The third-order valence-electron chi connectivity index (χ3n) is 3.89. The molecule has 10 heteroatoms. The molecule has 3 aromatic heterocycles. The van der Waals surface area contributed by atoms with Gasteiger partial charge in [0, 0.05) is 18.0 Å². The first kappa shape index (κ1) is 19.3. The number of hydrogen-bond acceptors (Lipinski definition) is 7. The van der Waals surface area contributed by atoms with Crippen molar-refractivity contribution in [3.63, 3.8) is 0 Å². The van der Waals surface area contributed by atoms with Crippen molar-refractivity contribution < 1.29 is 17.7 Å². The molecule has 1 atom stereocenters. The van der Waals surface area contributed by atoms with E-state index in [1.807, 2.05) is 19.9 Å². The fourth-order valence-electron chi connectivity index (χ4n) is 2.45. The van der Waals surface area contributed by atoms with E-state index in [9.17, 15) is 18.4 Å². The first-order valence-corrected chi connectivity index (χ1v) is 8.28. The molecule has 144 valence electrons. The zero-order chi connectivity index (χ0) is 20.3. The van der Waals surface area contributed by atoms with Gasteiger partial charge in [-0.05, 0) is 30.2 Å². The molecule has 1 unspecified atom stereocenters. The van der Waals surface area contributed by atoms with Crippen LogP contribution < -0.4 is 5.32 Å². The van der Waals surface area contributed by atoms with Gasteiger partial charge in [-0.3, -0.25) is 4.98 Å². The number of pyridine rings is 2. The van der Waals surface area contributed by atoms with E-state index < -0.39 is 17.9 Å². The predicted molar refractivity (Wildman–Crippen MR) is 92.7 cm³/mol. The first-order chi connectivity index (χ1) is 13.3. The van der Waals surface area contributed by atoms with Gasteiger partial charge in [0.15, 0.2) is 0 Å². The molecule has 0 aromatic carbocycles. The van der Waals surface area contributed by atoms with Crippen LogP contribution in [-0.4, -0.2) is 20.1 Å². The lowest BCUT2D eigenvalue weighted by Gasteiger charge is -2.20. The molecule has 0 amide bonds. The standard InChI is InChI=1S/C18H15F3N6O/c1-10(2)14(17-26-16(27-28-17)12-4-3-7-23-9-12)25-15-11(8-22)5-6-13(24-15)18(19,20)21/h3-7,9-10,14H,1-2H3,(H,24,25). The fraction of sp³-hybridized carbons (Fsp3) is 0.278. The van der Waals surface area contributed by atoms with Crippen LogP contribution in [0.5, 0.6) is 0 Å². The van der Waals surface area contributed by atoms with Crippen LogP contribution in [0.4, 0.5) is 19.0 Å². The van der Waals surface area contributed by atoms with Gasteiger partial charge in [0.1, 0.15) is 23.6 Å². The lowest BCUT2D eigenvalue weighted by atomic mass is 10.0. The average Bonchev–Trinajstić information content (AvgIpc) is 3.15. The van der Waals surface area contributed by atoms with Crippen molar-refractivity contribution in [3.8, 4) is 17.5 Å². The maximum atomic E-state index is 13.0. The summed E-state index contributed by atoms with van der Waals surface area (Å²) in [5, 5.41) is 16.0. The summed E-state index contributed by atoms with van der Waals surface area (Å²) in [5.74, 6) is 0.118. The van der Waals surface area contributed by atoms with Crippen molar-refractivity contribution in [1.82, 2.24) is 20.1 Å². The lowest BCUT2D eigenvalue weighted by molar-refractivity contribution is -0.141. The number of anilines is 1. The SMILES string of the molecule is CC(C)C(Nc1nc(C(F)(F)F)ccc1C#N)c1nc(-c2cccnc2)no1. The predicted octanol–water partition coefficient (Wildman–Crippen LogP) is 4.23. The Morgan fingerprint density at radius 3 is 2.57 bits per heavy atom. The van der Waals surface area contributed by atoms with E-state index in [0.717, 1.165) is 12.1 Å². The van der Waals surface area contributed by atoms with Gasteiger partial charge in [-0.1, -0.05) is 19.0 Å². The van der Waals surface area contributed by atoms with Gasteiger partial charge in [-0.2, -0.15) is 23.4 Å². The summed E-state index contributed by atoms with van der Waals surface area (Å²) >= 11 is 0.